The summed E-state index contributed by atoms with van der Waals surface area (Å²) in [4.78, 5) is 2.26. The molecule has 0 atom stereocenters. The lowest BCUT2D eigenvalue weighted by molar-refractivity contribution is 0.0209. The summed E-state index contributed by atoms with van der Waals surface area (Å²) in [6.07, 6.45) is 1.80. The van der Waals surface area contributed by atoms with Crippen LogP contribution in [-0.4, -0.2) is 45.6 Å². The van der Waals surface area contributed by atoms with Crippen LogP contribution in [0.15, 0.2) is 30.9 Å². The van der Waals surface area contributed by atoms with E-state index in [1.165, 1.54) is 0 Å². The summed E-state index contributed by atoms with van der Waals surface area (Å²) in [6, 6.07) is 5.37. The molecule has 0 unspecified atom stereocenters. The van der Waals surface area contributed by atoms with Crippen molar-refractivity contribution in [2.45, 2.75) is 13.2 Å². The summed E-state index contributed by atoms with van der Waals surface area (Å²) >= 11 is 18.0. The molecule has 2 aromatic rings. The quantitative estimate of drug-likeness (QED) is 0.578. The molecule has 128 valence electrons. The van der Waals surface area contributed by atoms with Crippen LogP contribution in [0.25, 0.3) is 11.4 Å². The molecule has 1 aliphatic rings. The van der Waals surface area contributed by atoms with Gasteiger partial charge in [0.05, 0.1) is 24.9 Å². The molecule has 1 fully saturated rings. The van der Waals surface area contributed by atoms with Crippen molar-refractivity contribution in [1.82, 2.24) is 19.2 Å². The highest BCUT2D eigenvalue weighted by molar-refractivity contribution is 7.71. The Bertz CT molecular complexity index is 796. The maximum absolute atomic E-state index is 6.36. The first-order chi connectivity index (χ1) is 11.6. The Morgan fingerprint density at radius 2 is 2.04 bits per heavy atom. The molecule has 1 saturated heterocycles. The van der Waals surface area contributed by atoms with Crippen LogP contribution >= 0.6 is 35.4 Å². The minimum absolute atomic E-state index is 0.548. The lowest BCUT2D eigenvalue weighted by atomic mass is 10.2. The Kier molecular flexibility index (Phi) is 5.73. The first kappa shape index (κ1) is 17.6. The average molecular weight is 385 g/mol. The van der Waals surface area contributed by atoms with E-state index < -0.39 is 0 Å². The van der Waals surface area contributed by atoms with Gasteiger partial charge in [-0.2, -0.15) is 5.10 Å². The minimum atomic E-state index is 0.548. The fourth-order valence-corrected chi connectivity index (χ4v) is 3.38. The fourth-order valence-electron chi connectivity index (χ4n) is 2.63. The molecule has 1 aromatic carbocycles. The van der Waals surface area contributed by atoms with Gasteiger partial charge in [0.25, 0.3) is 0 Å². The van der Waals surface area contributed by atoms with Crippen LogP contribution in [0.3, 0.4) is 0 Å². The zero-order valence-electron chi connectivity index (χ0n) is 13.1. The molecule has 3 rings (SSSR count). The highest BCUT2D eigenvalue weighted by Gasteiger charge is 2.17. The topological polar surface area (TPSA) is 35.2 Å². The Hall–Kier alpha value is -1.18. The highest BCUT2D eigenvalue weighted by atomic mass is 35.5. The number of morpholine rings is 1. The molecule has 0 bridgehead atoms. The van der Waals surface area contributed by atoms with Gasteiger partial charge in [-0.15, -0.1) is 6.58 Å². The molecule has 1 aliphatic heterocycles. The van der Waals surface area contributed by atoms with Gasteiger partial charge >= 0.3 is 0 Å². The van der Waals surface area contributed by atoms with Gasteiger partial charge < -0.3 is 4.74 Å². The maximum atomic E-state index is 6.36. The molecule has 1 aromatic heterocycles. The van der Waals surface area contributed by atoms with Crippen molar-refractivity contribution in [3.63, 3.8) is 0 Å². The van der Waals surface area contributed by atoms with Crippen molar-refractivity contribution in [1.29, 1.82) is 0 Å². The first-order valence-corrected chi connectivity index (χ1v) is 8.80. The van der Waals surface area contributed by atoms with Crippen LogP contribution in [0.4, 0.5) is 0 Å². The van der Waals surface area contributed by atoms with Gasteiger partial charge in [0, 0.05) is 30.2 Å². The monoisotopic (exact) mass is 384 g/mol. The molecule has 0 radical (unpaired) electrons. The normalized spacial score (nSPS) is 15.6. The summed E-state index contributed by atoms with van der Waals surface area (Å²) in [5.41, 5.74) is 0.801. The predicted molar refractivity (Wildman–Crippen MR) is 99.1 cm³/mol. The van der Waals surface area contributed by atoms with Crippen LogP contribution < -0.4 is 0 Å². The van der Waals surface area contributed by atoms with Gasteiger partial charge in [-0.25, -0.2) is 4.68 Å². The third kappa shape index (κ3) is 3.73. The third-order valence-electron chi connectivity index (χ3n) is 3.84. The Balaban J connectivity index is 2.00. The van der Waals surface area contributed by atoms with E-state index in [0.29, 0.717) is 28.0 Å². The Morgan fingerprint density at radius 1 is 1.29 bits per heavy atom. The number of allylic oxidation sites excluding steroid dienone is 1. The summed E-state index contributed by atoms with van der Waals surface area (Å²) in [6.45, 7) is 8.21. The van der Waals surface area contributed by atoms with Gasteiger partial charge in [-0.3, -0.25) is 9.47 Å². The number of hydrogen-bond donors (Lipinski definition) is 0. The van der Waals surface area contributed by atoms with E-state index in [1.54, 1.807) is 18.2 Å². The smallest absolute Gasteiger partial charge is 0.199 e. The average Bonchev–Trinajstić information content (AvgIpc) is 2.86. The Labute approximate surface area is 156 Å². The van der Waals surface area contributed by atoms with Crippen LogP contribution in [0, 0.1) is 4.77 Å². The number of aromatic nitrogens is 3. The van der Waals surface area contributed by atoms with Crippen LogP contribution in [-0.2, 0) is 18.0 Å². The molecule has 5 nitrogen and oxygen atoms in total. The predicted octanol–water partition coefficient (Wildman–Crippen LogP) is 3.86. The Morgan fingerprint density at radius 3 is 2.71 bits per heavy atom. The van der Waals surface area contributed by atoms with Crippen molar-refractivity contribution in [3.05, 3.63) is 45.7 Å². The number of nitrogens with zero attached hydrogens (tertiary/aromatic N) is 4. The molecule has 0 N–H and O–H groups in total. The maximum Gasteiger partial charge on any atom is 0.199 e. The fraction of sp³-hybridized carbons (Fsp3) is 0.375. The van der Waals surface area contributed by atoms with Crippen molar-refractivity contribution >= 4 is 35.4 Å². The van der Waals surface area contributed by atoms with E-state index in [4.69, 9.17) is 45.3 Å². The van der Waals surface area contributed by atoms with Crippen LogP contribution in [0.1, 0.15) is 0 Å². The van der Waals surface area contributed by atoms with Crippen molar-refractivity contribution < 1.29 is 4.74 Å². The molecule has 8 heteroatoms. The van der Waals surface area contributed by atoms with E-state index in [1.807, 2.05) is 15.3 Å². The molecule has 0 spiro atoms. The largest absolute Gasteiger partial charge is 0.379 e. The molecule has 0 amide bonds. The van der Waals surface area contributed by atoms with E-state index in [0.717, 1.165) is 37.7 Å². The van der Waals surface area contributed by atoms with E-state index in [-0.39, 0.29) is 0 Å². The second kappa shape index (κ2) is 7.80. The van der Waals surface area contributed by atoms with E-state index in [9.17, 15) is 0 Å². The second-order valence-corrected chi connectivity index (χ2v) is 6.71. The molecule has 2 heterocycles. The summed E-state index contributed by atoms with van der Waals surface area (Å²) in [5, 5.41) is 5.84. The van der Waals surface area contributed by atoms with Gasteiger partial charge in [-0.05, 0) is 30.4 Å². The van der Waals surface area contributed by atoms with Crippen molar-refractivity contribution in [2.75, 3.05) is 26.3 Å². The lowest BCUT2D eigenvalue weighted by Crippen LogP contribution is -2.37. The van der Waals surface area contributed by atoms with E-state index >= 15 is 0 Å². The number of hydrogen-bond acceptors (Lipinski definition) is 4. The molecular formula is C16H18Cl2N4OS. The van der Waals surface area contributed by atoms with Crippen molar-refractivity contribution in [3.8, 4) is 11.4 Å². The summed E-state index contributed by atoms with van der Waals surface area (Å²) in [5.74, 6) is 0.717. The second-order valence-electron chi connectivity index (χ2n) is 5.50. The summed E-state index contributed by atoms with van der Waals surface area (Å²) in [7, 11) is 0. The van der Waals surface area contributed by atoms with Gasteiger partial charge in [0.15, 0.2) is 10.6 Å². The van der Waals surface area contributed by atoms with Gasteiger partial charge in [0.2, 0.25) is 0 Å². The zero-order valence-corrected chi connectivity index (χ0v) is 15.4. The van der Waals surface area contributed by atoms with Gasteiger partial charge in [0.1, 0.15) is 0 Å². The molecule has 0 aliphatic carbocycles. The first-order valence-electron chi connectivity index (χ1n) is 7.64. The number of rotatable bonds is 5. The van der Waals surface area contributed by atoms with Gasteiger partial charge in [-0.1, -0.05) is 29.3 Å². The van der Waals surface area contributed by atoms with Crippen LogP contribution in [0.2, 0.25) is 10.0 Å². The third-order valence-corrected chi connectivity index (χ3v) is 4.82. The highest BCUT2D eigenvalue weighted by Crippen LogP contribution is 2.29. The number of benzene rings is 1. The lowest BCUT2D eigenvalue weighted by Gasteiger charge is -2.26. The van der Waals surface area contributed by atoms with Crippen LogP contribution in [0.5, 0.6) is 0 Å². The van der Waals surface area contributed by atoms with Crippen molar-refractivity contribution in [2.24, 2.45) is 0 Å². The molecular weight excluding hydrogens is 367 g/mol. The number of halogens is 2. The summed E-state index contributed by atoms with van der Waals surface area (Å²) < 4.78 is 9.78. The molecule has 24 heavy (non-hydrogen) atoms. The molecule has 0 saturated carbocycles. The SMILES string of the molecule is C=CCn1c(-c2ccc(Cl)cc2Cl)nn(CN2CCOCC2)c1=S. The minimum Gasteiger partial charge on any atom is -0.379 e. The van der Waals surface area contributed by atoms with E-state index in [2.05, 4.69) is 11.5 Å². The number of ether oxygens (including phenoxy) is 1. The zero-order chi connectivity index (χ0) is 17.1. The standard InChI is InChI=1S/C16H18Cl2N4OS/c1-2-5-21-15(13-4-3-12(17)10-14(13)18)19-22(16(21)24)11-20-6-8-23-9-7-20/h2-4,10H,1,5-9,11H2.